The Balaban J connectivity index is 0.000000479. The number of carboxylic acids is 1. The van der Waals surface area contributed by atoms with E-state index in [1.54, 1.807) is 7.05 Å². The number of sulfone groups is 1. The first-order chi connectivity index (χ1) is 17.2. The summed E-state index contributed by atoms with van der Waals surface area (Å²) in [6.45, 7) is 0.427. The third-order valence-corrected chi connectivity index (χ3v) is 8.18. The number of nitrogens with zero attached hydrogens (tertiary/aromatic N) is 5. The van der Waals surface area contributed by atoms with Crippen LogP contribution in [0.15, 0.2) is 34.3 Å². The lowest BCUT2D eigenvalue weighted by molar-refractivity contribution is -0.192. The van der Waals surface area contributed by atoms with Gasteiger partial charge in [-0.25, -0.2) is 36.7 Å². The van der Waals surface area contributed by atoms with Crippen LogP contribution in [0.1, 0.15) is 0 Å². The molecule has 2 aromatic heterocycles. The molecule has 1 aliphatic rings. The zero-order chi connectivity index (χ0) is 27.6. The van der Waals surface area contributed by atoms with Crippen LogP contribution in [0.25, 0.3) is 22.5 Å². The first kappa shape index (κ1) is 27.8. The number of primary sulfonamides is 1. The molecule has 6 N–H and O–H groups in total. The number of aromatic amines is 1. The van der Waals surface area contributed by atoms with E-state index < -0.39 is 47.0 Å². The zero-order valence-corrected chi connectivity index (χ0v) is 20.2. The van der Waals surface area contributed by atoms with E-state index in [0.717, 1.165) is 0 Å². The molecule has 3 heterocycles. The SMILES string of the molecule is CNc1ncc(-c2ccc(S(=O)(=O)C3CNC3)c(S(N)(=O)=O)c2-c2nn[nH]n2)cn1.O=C(O)C(F)(F)F. The summed E-state index contributed by atoms with van der Waals surface area (Å²) < 4.78 is 83.1. The number of hydrogen-bond acceptors (Lipinski definition) is 12. The molecule has 4 rings (SSSR count). The molecule has 0 spiro atoms. The van der Waals surface area contributed by atoms with Gasteiger partial charge in [-0.05, 0) is 16.8 Å². The van der Waals surface area contributed by atoms with Crippen molar-refractivity contribution >= 4 is 31.8 Å². The molecule has 0 aliphatic carbocycles. The average Bonchev–Trinajstić information content (AvgIpc) is 3.30. The van der Waals surface area contributed by atoms with Gasteiger partial charge in [0.1, 0.15) is 4.90 Å². The first-order valence-corrected chi connectivity index (χ1v) is 13.0. The summed E-state index contributed by atoms with van der Waals surface area (Å²) >= 11 is 0. The van der Waals surface area contributed by atoms with E-state index in [1.165, 1.54) is 24.5 Å². The number of carboxylic acid groups (broad SMARTS) is 1. The van der Waals surface area contributed by atoms with Crippen molar-refractivity contribution in [1.29, 1.82) is 0 Å². The van der Waals surface area contributed by atoms with Gasteiger partial charge in [-0.1, -0.05) is 6.07 Å². The van der Waals surface area contributed by atoms with Crippen LogP contribution in [0.2, 0.25) is 0 Å². The van der Waals surface area contributed by atoms with Crippen LogP contribution < -0.4 is 15.8 Å². The normalized spacial score (nSPS) is 14.3. The van der Waals surface area contributed by atoms with Crippen LogP contribution in [-0.4, -0.2) is 90.1 Å². The topological polar surface area (TPSA) is 236 Å². The highest BCUT2D eigenvalue weighted by atomic mass is 32.2. The van der Waals surface area contributed by atoms with Crippen molar-refractivity contribution in [3.8, 4) is 22.5 Å². The van der Waals surface area contributed by atoms with Gasteiger partial charge in [0.05, 0.1) is 15.7 Å². The zero-order valence-electron chi connectivity index (χ0n) is 18.6. The maximum absolute atomic E-state index is 13.1. The largest absolute Gasteiger partial charge is 0.490 e. The Bertz CT molecular complexity index is 1490. The van der Waals surface area contributed by atoms with Crippen molar-refractivity contribution in [2.24, 2.45) is 5.14 Å². The van der Waals surface area contributed by atoms with Crippen molar-refractivity contribution < 1.29 is 39.9 Å². The quantitative estimate of drug-likeness (QED) is 0.251. The first-order valence-electron chi connectivity index (χ1n) is 9.86. The molecule has 37 heavy (non-hydrogen) atoms. The van der Waals surface area contributed by atoms with Gasteiger partial charge in [0, 0.05) is 38.1 Å². The second kappa shape index (κ2) is 10.3. The Morgan fingerprint density at radius 3 is 2.16 bits per heavy atom. The number of nitrogens with one attached hydrogen (secondary N) is 3. The fourth-order valence-corrected chi connectivity index (χ4v) is 6.24. The predicted molar refractivity (Wildman–Crippen MR) is 119 cm³/mol. The molecule has 0 bridgehead atoms. The molecule has 3 aromatic rings. The molecule has 0 saturated carbocycles. The number of carbonyl (C=O) groups is 1. The highest BCUT2D eigenvalue weighted by Crippen LogP contribution is 2.39. The lowest BCUT2D eigenvalue weighted by Crippen LogP contribution is -2.51. The fourth-order valence-electron chi connectivity index (χ4n) is 3.06. The molecule has 0 amide bonds. The van der Waals surface area contributed by atoms with Gasteiger partial charge in [0.25, 0.3) is 0 Å². The van der Waals surface area contributed by atoms with E-state index in [4.69, 9.17) is 15.0 Å². The second-order valence-electron chi connectivity index (χ2n) is 7.27. The van der Waals surface area contributed by atoms with Crippen molar-refractivity contribution in [2.45, 2.75) is 21.2 Å². The molecule has 0 radical (unpaired) electrons. The van der Waals surface area contributed by atoms with E-state index in [0.29, 0.717) is 11.5 Å². The van der Waals surface area contributed by atoms with Crippen molar-refractivity contribution in [3.05, 3.63) is 24.5 Å². The number of tetrazole rings is 1. The Hall–Kier alpha value is -3.75. The third-order valence-electron chi connectivity index (χ3n) is 4.89. The van der Waals surface area contributed by atoms with Crippen LogP contribution in [0.5, 0.6) is 0 Å². The van der Waals surface area contributed by atoms with Gasteiger partial charge in [-0.3, -0.25) is 0 Å². The van der Waals surface area contributed by atoms with Gasteiger partial charge in [0.2, 0.25) is 21.8 Å². The van der Waals surface area contributed by atoms with E-state index in [-0.39, 0.29) is 30.0 Å². The Morgan fingerprint density at radius 2 is 1.76 bits per heavy atom. The van der Waals surface area contributed by atoms with Gasteiger partial charge in [-0.2, -0.15) is 18.4 Å². The molecule has 15 nitrogen and oxygen atoms in total. The minimum atomic E-state index is -5.08. The molecule has 1 aliphatic heterocycles. The number of aliphatic carboxylic acids is 1. The van der Waals surface area contributed by atoms with E-state index in [2.05, 4.69) is 41.2 Å². The number of hydrogen-bond donors (Lipinski definition) is 5. The van der Waals surface area contributed by atoms with Gasteiger partial charge >= 0.3 is 12.1 Å². The van der Waals surface area contributed by atoms with Crippen LogP contribution in [0.4, 0.5) is 19.1 Å². The van der Waals surface area contributed by atoms with E-state index >= 15 is 0 Å². The molecule has 20 heteroatoms. The predicted octanol–water partition coefficient (Wildman–Crippen LogP) is -0.608. The molecule has 0 unspecified atom stereocenters. The van der Waals surface area contributed by atoms with Crippen LogP contribution in [0, 0.1) is 0 Å². The van der Waals surface area contributed by atoms with E-state index in [9.17, 15) is 30.0 Å². The number of sulfonamides is 1. The van der Waals surface area contributed by atoms with Crippen LogP contribution in [-0.2, 0) is 24.7 Å². The highest BCUT2D eigenvalue weighted by molar-refractivity contribution is 7.94. The summed E-state index contributed by atoms with van der Waals surface area (Å²) in [7, 11) is -6.85. The number of halogens is 3. The molecule has 1 saturated heterocycles. The monoisotopic (exact) mass is 565 g/mol. The molecule has 200 valence electrons. The maximum Gasteiger partial charge on any atom is 0.490 e. The van der Waals surface area contributed by atoms with Crippen molar-refractivity contribution in [1.82, 2.24) is 35.9 Å². The number of nitrogens with two attached hydrogens (primary N) is 1. The van der Waals surface area contributed by atoms with Crippen molar-refractivity contribution in [3.63, 3.8) is 0 Å². The smallest absolute Gasteiger partial charge is 0.475 e. The molecule has 1 aromatic carbocycles. The number of benzene rings is 1. The number of aromatic nitrogens is 6. The van der Waals surface area contributed by atoms with Crippen LogP contribution >= 0.6 is 0 Å². The summed E-state index contributed by atoms with van der Waals surface area (Å²) in [4.78, 5) is 16.1. The molecular weight excluding hydrogens is 547 g/mol. The van der Waals surface area contributed by atoms with Crippen molar-refractivity contribution in [2.75, 3.05) is 25.5 Å². The lowest BCUT2D eigenvalue weighted by atomic mass is 10.0. The van der Waals surface area contributed by atoms with Gasteiger partial charge in [-0.15, -0.1) is 10.2 Å². The van der Waals surface area contributed by atoms with Crippen LogP contribution in [0.3, 0.4) is 0 Å². The molecule has 0 atom stereocenters. The fraction of sp³-hybridized carbons (Fsp3) is 0.294. The van der Waals surface area contributed by atoms with Gasteiger partial charge in [0.15, 0.2) is 9.84 Å². The lowest BCUT2D eigenvalue weighted by Gasteiger charge is -2.28. The Kier molecular flexibility index (Phi) is 7.76. The summed E-state index contributed by atoms with van der Waals surface area (Å²) in [5.41, 5.74) is 0.599. The molecular formula is C17H18F3N9O6S2. The number of rotatable bonds is 6. The minimum absolute atomic E-state index is 0.0968. The molecule has 1 fully saturated rings. The minimum Gasteiger partial charge on any atom is -0.475 e. The Morgan fingerprint density at radius 1 is 1.16 bits per heavy atom. The number of alkyl halides is 3. The third kappa shape index (κ3) is 5.98. The Labute approximate surface area is 206 Å². The summed E-state index contributed by atoms with van der Waals surface area (Å²) in [5.74, 6) is -2.54. The standard InChI is InChI=1S/C15H17N9O4S2.C2HF3O2/c1-17-15-19-4-8(5-20-15)10-2-3-11(29(25,26)9-6-18-7-9)13(30(16,27)28)12(10)14-21-23-24-22-14;3-2(4,5)1(6)7/h2-5,9,18H,6-7H2,1H3,(H2,16,27,28)(H,17,19,20)(H,21,22,23,24);(H,6,7). The second-order valence-corrected chi connectivity index (χ2v) is 11.0. The van der Waals surface area contributed by atoms with Gasteiger partial charge < -0.3 is 15.7 Å². The summed E-state index contributed by atoms with van der Waals surface area (Å²) in [6.07, 6.45) is -2.18. The summed E-state index contributed by atoms with van der Waals surface area (Å²) in [6, 6.07) is 2.68. The number of anilines is 1. The highest BCUT2D eigenvalue weighted by Gasteiger charge is 2.39. The maximum atomic E-state index is 13.1. The average molecular weight is 566 g/mol. The van der Waals surface area contributed by atoms with E-state index in [1.807, 2.05) is 0 Å². The number of H-pyrrole nitrogens is 1. The summed E-state index contributed by atoms with van der Waals surface area (Å²) in [5, 5.41) is 30.9.